The number of ether oxygens (including phenoxy) is 1. The van der Waals surface area contributed by atoms with Gasteiger partial charge >= 0.3 is 0 Å². The molecule has 2 aromatic rings. The maximum absolute atomic E-state index is 6.10. The maximum atomic E-state index is 6.10. The van der Waals surface area contributed by atoms with Crippen molar-refractivity contribution in [2.45, 2.75) is 30.5 Å². The molecule has 0 spiro atoms. The van der Waals surface area contributed by atoms with Crippen LogP contribution in [0.25, 0.3) is 0 Å². The van der Waals surface area contributed by atoms with Crippen molar-refractivity contribution in [2.75, 3.05) is 7.11 Å². The molecule has 2 aromatic carbocycles. The molecule has 0 bridgehead atoms. The number of hydrogen-bond donors (Lipinski definition) is 1. The summed E-state index contributed by atoms with van der Waals surface area (Å²) in [7, 11) is 1.69. The van der Waals surface area contributed by atoms with Crippen LogP contribution in [-0.2, 0) is 5.75 Å². The highest BCUT2D eigenvalue weighted by Gasteiger charge is 2.13. The van der Waals surface area contributed by atoms with E-state index < -0.39 is 0 Å². The van der Waals surface area contributed by atoms with Gasteiger partial charge in [-0.1, -0.05) is 30.3 Å². The van der Waals surface area contributed by atoms with Crippen LogP contribution >= 0.6 is 11.8 Å². The minimum atomic E-state index is -0.0366. The van der Waals surface area contributed by atoms with Gasteiger partial charge in [-0.3, -0.25) is 0 Å². The van der Waals surface area contributed by atoms with Crippen molar-refractivity contribution in [3.63, 3.8) is 0 Å². The van der Waals surface area contributed by atoms with Gasteiger partial charge in [0.15, 0.2) is 0 Å². The zero-order valence-corrected chi connectivity index (χ0v) is 13.0. The Hall–Kier alpha value is -1.45. The Bertz CT molecular complexity index is 581. The van der Waals surface area contributed by atoms with Crippen molar-refractivity contribution in [1.82, 2.24) is 0 Å². The van der Waals surface area contributed by atoms with Gasteiger partial charge in [-0.05, 0) is 37.1 Å². The highest BCUT2D eigenvalue weighted by atomic mass is 32.2. The third kappa shape index (κ3) is 3.35. The monoisotopic (exact) mass is 287 g/mol. The normalized spacial score (nSPS) is 12.2. The van der Waals surface area contributed by atoms with E-state index in [0.717, 1.165) is 17.1 Å². The summed E-state index contributed by atoms with van der Waals surface area (Å²) in [5, 5.41) is 0. The smallest absolute Gasteiger partial charge is 0.124 e. The molecule has 0 radical (unpaired) electrons. The van der Waals surface area contributed by atoms with Gasteiger partial charge in [-0.25, -0.2) is 0 Å². The molecule has 106 valence electrons. The van der Waals surface area contributed by atoms with Gasteiger partial charge in [0.1, 0.15) is 5.75 Å². The second kappa shape index (κ2) is 6.82. The van der Waals surface area contributed by atoms with Gasteiger partial charge in [-0.15, -0.1) is 11.8 Å². The molecule has 0 unspecified atom stereocenters. The second-order valence-electron chi connectivity index (χ2n) is 4.88. The van der Waals surface area contributed by atoms with Crippen molar-refractivity contribution >= 4 is 11.8 Å². The van der Waals surface area contributed by atoms with Gasteiger partial charge in [0.2, 0.25) is 0 Å². The summed E-state index contributed by atoms with van der Waals surface area (Å²) in [6.45, 7) is 4.14. The summed E-state index contributed by atoms with van der Waals surface area (Å²) in [6.07, 6.45) is 0. The van der Waals surface area contributed by atoms with Crippen molar-refractivity contribution in [3.05, 3.63) is 59.2 Å². The van der Waals surface area contributed by atoms with Crippen molar-refractivity contribution < 1.29 is 4.74 Å². The number of methoxy groups -OCH3 is 1. The van der Waals surface area contributed by atoms with Crippen LogP contribution in [0.15, 0.2) is 47.4 Å². The number of hydrogen-bond acceptors (Lipinski definition) is 3. The topological polar surface area (TPSA) is 35.2 Å². The molecular weight excluding hydrogens is 266 g/mol. The SMILES string of the molecule is COc1cccc(SCc2ccccc2C)c1[C@H](C)N. The van der Waals surface area contributed by atoms with E-state index in [-0.39, 0.29) is 6.04 Å². The van der Waals surface area contributed by atoms with Crippen molar-refractivity contribution in [2.24, 2.45) is 5.73 Å². The molecule has 1 atom stereocenters. The van der Waals surface area contributed by atoms with Crippen LogP contribution in [0.1, 0.15) is 29.7 Å². The third-order valence-electron chi connectivity index (χ3n) is 3.35. The van der Waals surface area contributed by atoms with E-state index in [0.29, 0.717) is 0 Å². The molecule has 3 heteroatoms. The first kappa shape index (κ1) is 14.9. The quantitative estimate of drug-likeness (QED) is 0.832. The summed E-state index contributed by atoms with van der Waals surface area (Å²) >= 11 is 1.81. The number of nitrogens with two attached hydrogens (primary N) is 1. The van der Waals surface area contributed by atoms with Gasteiger partial charge in [0.05, 0.1) is 7.11 Å². The molecule has 0 heterocycles. The first-order valence-corrected chi connectivity index (χ1v) is 7.72. The van der Waals surface area contributed by atoms with Gasteiger partial charge in [0, 0.05) is 22.3 Å². The second-order valence-corrected chi connectivity index (χ2v) is 5.89. The van der Waals surface area contributed by atoms with E-state index in [4.69, 9.17) is 10.5 Å². The highest BCUT2D eigenvalue weighted by Crippen LogP contribution is 2.35. The Morgan fingerprint density at radius 3 is 2.55 bits per heavy atom. The number of aryl methyl sites for hydroxylation is 1. The van der Waals surface area contributed by atoms with Crippen LogP contribution in [0.2, 0.25) is 0 Å². The molecule has 20 heavy (non-hydrogen) atoms. The first-order valence-electron chi connectivity index (χ1n) is 6.73. The van der Waals surface area contributed by atoms with E-state index in [2.05, 4.69) is 37.3 Å². The fraction of sp³-hybridized carbons (Fsp3) is 0.294. The van der Waals surface area contributed by atoms with Crippen LogP contribution in [0.3, 0.4) is 0 Å². The van der Waals surface area contributed by atoms with Crippen LogP contribution in [0.5, 0.6) is 5.75 Å². The van der Waals surface area contributed by atoms with E-state index in [1.165, 1.54) is 16.0 Å². The standard InChI is InChI=1S/C17H21NOS/c1-12-7-4-5-8-14(12)11-20-16-10-6-9-15(19-3)17(16)13(2)18/h4-10,13H,11,18H2,1-3H3/t13-/m0/s1. The lowest BCUT2D eigenvalue weighted by Crippen LogP contribution is -2.08. The minimum absolute atomic E-state index is 0.0366. The summed E-state index contributed by atoms with van der Waals surface area (Å²) in [5.41, 5.74) is 9.87. The average Bonchev–Trinajstić information content (AvgIpc) is 2.45. The van der Waals surface area contributed by atoms with E-state index >= 15 is 0 Å². The van der Waals surface area contributed by atoms with E-state index in [1.807, 2.05) is 30.8 Å². The molecular formula is C17H21NOS. The molecule has 0 aromatic heterocycles. The summed E-state index contributed by atoms with van der Waals surface area (Å²) in [5.74, 6) is 1.81. The molecule has 2 nitrogen and oxygen atoms in total. The summed E-state index contributed by atoms with van der Waals surface area (Å²) < 4.78 is 5.43. The highest BCUT2D eigenvalue weighted by molar-refractivity contribution is 7.98. The van der Waals surface area contributed by atoms with Gasteiger partial charge < -0.3 is 10.5 Å². The molecule has 0 aliphatic rings. The lowest BCUT2D eigenvalue weighted by Gasteiger charge is -2.16. The molecule has 0 aliphatic carbocycles. The van der Waals surface area contributed by atoms with Crippen LogP contribution in [-0.4, -0.2) is 7.11 Å². The number of benzene rings is 2. The Morgan fingerprint density at radius 2 is 1.90 bits per heavy atom. The molecule has 2 N–H and O–H groups in total. The number of rotatable bonds is 5. The van der Waals surface area contributed by atoms with E-state index in [9.17, 15) is 0 Å². The largest absolute Gasteiger partial charge is 0.496 e. The Labute approximate surface area is 125 Å². The van der Waals surface area contributed by atoms with Crippen LogP contribution in [0, 0.1) is 6.92 Å². The van der Waals surface area contributed by atoms with E-state index in [1.54, 1.807) is 7.11 Å². The molecule has 0 saturated carbocycles. The Balaban J connectivity index is 2.24. The molecule has 0 fully saturated rings. The molecule has 0 aliphatic heterocycles. The predicted molar refractivity (Wildman–Crippen MR) is 86.3 cm³/mol. The van der Waals surface area contributed by atoms with Crippen molar-refractivity contribution in [1.29, 1.82) is 0 Å². The van der Waals surface area contributed by atoms with Crippen LogP contribution < -0.4 is 10.5 Å². The van der Waals surface area contributed by atoms with Gasteiger partial charge in [0.25, 0.3) is 0 Å². The number of thioether (sulfide) groups is 1. The maximum Gasteiger partial charge on any atom is 0.124 e. The van der Waals surface area contributed by atoms with Crippen LogP contribution in [0.4, 0.5) is 0 Å². The summed E-state index contributed by atoms with van der Waals surface area (Å²) in [4.78, 5) is 1.20. The third-order valence-corrected chi connectivity index (χ3v) is 4.47. The average molecular weight is 287 g/mol. The zero-order chi connectivity index (χ0) is 14.5. The molecule has 2 rings (SSSR count). The Kier molecular flexibility index (Phi) is 5.10. The first-order chi connectivity index (χ1) is 9.63. The summed E-state index contributed by atoms with van der Waals surface area (Å²) in [6, 6.07) is 14.5. The fourth-order valence-electron chi connectivity index (χ4n) is 2.20. The predicted octanol–water partition coefficient (Wildman–Crippen LogP) is 4.32. The van der Waals surface area contributed by atoms with Crippen molar-refractivity contribution in [3.8, 4) is 5.75 Å². The van der Waals surface area contributed by atoms with Gasteiger partial charge in [-0.2, -0.15) is 0 Å². The fourth-order valence-corrected chi connectivity index (χ4v) is 3.46. The lowest BCUT2D eigenvalue weighted by atomic mass is 10.1. The minimum Gasteiger partial charge on any atom is -0.496 e. The lowest BCUT2D eigenvalue weighted by molar-refractivity contribution is 0.405. The molecule has 0 amide bonds. The zero-order valence-electron chi connectivity index (χ0n) is 12.2. The molecule has 0 saturated heterocycles. The Morgan fingerprint density at radius 1 is 1.15 bits per heavy atom.